The lowest BCUT2D eigenvalue weighted by atomic mass is 10.2. The lowest BCUT2D eigenvalue weighted by Crippen LogP contribution is -2.45. The molecule has 1 unspecified atom stereocenters. The second kappa shape index (κ2) is 5.85. The Morgan fingerprint density at radius 1 is 1.45 bits per heavy atom. The number of nitrogens with one attached hydrogen (secondary N) is 3. The maximum atomic E-state index is 13.2. The summed E-state index contributed by atoms with van der Waals surface area (Å²) < 4.78 is 13.2. The highest BCUT2D eigenvalue weighted by molar-refractivity contribution is 6.01. The molecule has 1 aromatic rings. The first-order chi connectivity index (χ1) is 9.51. The van der Waals surface area contributed by atoms with Gasteiger partial charge in [0.2, 0.25) is 5.91 Å². The third-order valence-electron chi connectivity index (χ3n) is 3.00. The average Bonchev–Trinajstić information content (AvgIpc) is 3.22. The molecule has 0 aliphatic heterocycles. The Bertz CT molecular complexity index is 531. The quantitative estimate of drug-likeness (QED) is 0.740. The van der Waals surface area contributed by atoms with Crippen LogP contribution in [0.5, 0.6) is 0 Å². The van der Waals surface area contributed by atoms with E-state index in [2.05, 4.69) is 20.9 Å². The van der Waals surface area contributed by atoms with E-state index in [0.29, 0.717) is 0 Å². The zero-order valence-corrected chi connectivity index (χ0v) is 11.4. The summed E-state index contributed by atoms with van der Waals surface area (Å²) in [4.78, 5) is 27.6. The largest absolute Gasteiger partial charge is 0.372 e. The van der Waals surface area contributed by atoms with Crippen LogP contribution < -0.4 is 16.0 Å². The molecule has 2 amide bonds. The van der Waals surface area contributed by atoms with Crippen molar-refractivity contribution in [2.45, 2.75) is 31.8 Å². The van der Waals surface area contributed by atoms with Gasteiger partial charge in [-0.05, 0) is 25.8 Å². The van der Waals surface area contributed by atoms with Crippen LogP contribution in [0.1, 0.15) is 30.1 Å². The van der Waals surface area contributed by atoms with Gasteiger partial charge in [-0.2, -0.15) is 0 Å². The van der Waals surface area contributed by atoms with Crippen LogP contribution in [0.15, 0.2) is 12.3 Å². The Labute approximate surface area is 116 Å². The van der Waals surface area contributed by atoms with Crippen molar-refractivity contribution in [3.63, 3.8) is 0 Å². The molecule has 2 rings (SSSR count). The van der Waals surface area contributed by atoms with Crippen LogP contribution in [0.25, 0.3) is 0 Å². The number of carbonyl (C=O) groups excluding carboxylic acids is 2. The molecule has 1 heterocycles. The van der Waals surface area contributed by atoms with Gasteiger partial charge in [0.05, 0.1) is 11.8 Å². The Balaban J connectivity index is 2.03. The molecule has 1 aliphatic carbocycles. The van der Waals surface area contributed by atoms with Crippen molar-refractivity contribution in [1.82, 2.24) is 15.6 Å². The van der Waals surface area contributed by atoms with E-state index in [1.165, 1.54) is 0 Å². The molecular formula is C13H17FN4O2. The maximum absolute atomic E-state index is 13.2. The fraction of sp³-hybridized carbons (Fsp3) is 0.462. The molecule has 0 aromatic carbocycles. The van der Waals surface area contributed by atoms with Crippen molar-refractivity contribution < 1.29 is 14.0 Å². The van der Waals surface area contributed by atoms with Crippen molar-refractivity contribution in [3.8, 4) is 0 Å². The SMILES string of the molecule is CNc1ncc(F)cc1C(=O)NC(C)C(=O)NC1CC1. The van der Waals surface area contributed by atoms with Crippen molar-refractivity contribution in [2.75, 3.05) is 12.4 Å². The zero-order valence-electron chi connectivity index (χ0n) is 11.4. The van der Waals surface area contributed by atoms with Gasteiger partial charge in [-0.25, -0.2) is 9.37 Å². The number of aromatic nitrogens is 1. The summed E-state index contributed by atoms with van der Waals surface area (Å²) in [6.07, 6.45) is 2.97. The molecule has 1 aliphatic rings. The van der Waals surface area contributed by atoms with E-state index in [1.807, 2.05) is 0 Å². The van der Waals surface area contributed by atoms with Crippen LogP contribution in [0.4, 0.5) is 10.2 Å². The van der Waals surface area contributed by atoms with E-state index in [-0.39, 0.29) is 23.3 Å². The number of rotatable bonds is 5. The molecule has 108 valence electrons. The molecule has 1 saturated carbocycles. The van der Waals surface area contributed by atoms with E-state index >= 15 is 0 Å². The summed E-state index contributed by atoms with van der Waals surface area (Å²) in [6, 6.07) is 0.626. The van der Waals surface area contributed by atoms with Gasteiger partial charge >= 0.3 is 0 Å². The smallest absolute Gasteiger partial charge is 0.255 e. The van der Waals surface area contributed by atoms with Crippen LogP contribution in [0.2, 0.25) is 0 Å². The number of anilines is 1. The van der Waals surface area contributed by atoms with Crippen molar-refractivity contribution >= 4 is 17.6 Å². The highest BCUT2D eigenvalue weighted by Gasteiger charge is 2.26. The molecule has 7 heteroatoms. The number of nitrogens with zero attached hydrogens (tertiary/aromatic N) is 1. The van der Waals surface area contributed by atoms with Gasteiger partial charge in [0.25, 0.3) is 5.91 Å². The Hall–Kier alpha value is -2.18. The van der Waals surface area contributed by atoms with E-state index in [9.17, 15) is 14.0 Å². The molecule has 1 atom stereocenters. The fourth-order valence-corrected chi connectivity index (χ4v) is 1.71. The number of hydrogen-bond acceptors (Lipinski definition) is 4. The van der Waals surface area contributed by atoms with E-state index < -0.39 is 17.8 Å². The highest BCUT2D eigenvalue weighted by atomic mass is 19.1. The summed E-state index contributed by atoms with van der Waals surface area (Å²) in [5.41, 5.74) is 0.0681. The second-order valence-electron chi connectivity index (χ2n) is 4.78. The lowest BCUT2D eigenvalue weighted by molar-refractivity contribution is -0.122. The van der Waals surface area contributed by atoms with Crippen LogP contribution in [0, 0.1) is 5.82 Å². The van der Waals surface area contributed by atoms with Gasteiger partial charge in [-0.15, -0.1) is 0 Å². The number of carbonyl (C=O) groups is 2. The summed E-state index contributed by atoms with van der Waals surface area (Å²) in [5, 5.41) is 8.03. The molecule has 20 heavy (non-hydrogen) atoms. The topological polar surface area (TPSA) is 83.1 Å². The minimum Gasteiger partial charge on any atom is -0.372 e. The molecule has 6 nitrogen and oxygen atoms in total. The normalized spacial score (nSPS) is 15.3. The van der Waals surface area contributed by atoms with Gasteiger partial charge in [0, 0.05) is 13.1 Å². The predicted octanol–water partition coefficient (Wildman–Crippen LogP) is 0.659. The molecular weight excluding hydrogens is 263 g/mol. The average molecular weight is 280 g/mol. The lowest BCUT2D eigenvalue weighted by Gasteiger charge is -2.15. The van der Waals surface area contributed by atoms with Crippen molar-refractivity contribution in [2.24, 2.45) is 0 Å². The number of hydrogen-bond donors (Lipinski definition) is 3. The van der Waals surface area contributed by atoms with Crippen LogP contribution in [0.3, 0.4) is 0 Å². The first-order valence-corrected chi connectivity index (χ1v) is 6.45. The van der Waals surface area contributed by atoms with Gasteiger partial charge in [-0.1, -0.05) is 0 Å². The Morgan fingerprint density at radius 2 is 2.15 bits per heavy atom. The van der Waals surface area contributed by atoms with E-state index in [1.54, 1.807) is 14.0 Å². The van der Waals surface area contributed by atoms with Crippen LogP contribution in [-0.4, -0.2) is 35.9 Å². The van der Waals surface area contributed by atoms with Gasteiger partial charge in [0.15, 0.2) is 0 Å². The zero-order chi connectivity index (χ0) is 14.7. The van der Waals surface area contributed by atoms with Crippen molar-refractivity contribution in [1.29, 1.82) is 0 Å². The van der Waals surface area contributed by atoms with Crippen molar-refractivity contribution in [3.05, 3.63) is 23.6 Å². The van der Waals surface area contributed by atoms with Crippen LogP contribution >= 0.6 is 0 Å². The standard InChI is InChI=1S/C13H17FN4O2/c1-7(12(19)18-9-3-4-9)17-13(20)10-5-8(14)6-16-11(10)15-2/h5-7,9H,3-4H2,1-2H3,(H,15,16)(H,17,20)(H,18,19). The third kappa shape index (κ3) is 3.43. The van der Waals surface area contributed by atoms with E-state index in [0.717, 1.165) is 25.1 Å². The van der Waals surface area contributed by atoms with Gasteiger partial charge < -0.3 is 16.0 Å². The molecule has 3 N–H and O–H groups in total. The maximum Gasteiger partial charge on any atom is 0.255 e. The van der Waals surface area contributed by atoms with E-state index in [4.69, 9.17) is 0 Å². The summed E-state index contributed by atoms with van der Waals surface area (Å²) in [6.45, 7) is 1.58. The summed E-state index contributed by atoms with van der Waals surface area (Å²) >= 11 is 0. The van der Waals surface area contributed by atoms with Gasteiger partial charge in [-0.3, -0.25) is 9.59 Å². The predicted molar refractivity (Wildman–Crippen MR) is 71.8 cm³/mol. The third-order valence-corrected chi connectivity index (χ3v) is 3.00. The minimum absolute atomic E-state index is 0.0681. The highest BCUT2D eigenvalue weighted by Crippen LogP contribution is 2.18. The monoisotopic (exact) mass is 280 g/mol. The second-order valence-corrected chi connectivity index (χ2v) is 4.78. The fourth-order valence-electron chi connectivity index (χ4n) is 1.71. The Kier molecular flexibility index (Phi) is 4.16. The molecule has 1 aromatic heterocycles. The molecule has 0 bridgehead atoms. The molecule has 0 spiro atoms. The number of pyridine rings is 1. The summed E-state index contributed by atoms with van der Waals surface area (Å²) in [5.74, 6) is -1.13. The number of halogens is 1. The summed E-state index contributed by atoms with van der Waals surface area (Å²) in [7, 11) is 1.58. The first kappa shape index (κ1) is 14.2. The first-order valence-electron chi connectivity index (χ1n) is 6.45. The Morgan fingerprint density at radius 3 is 2.75 bits per heavy atom. The molecule has 1 fully saturated rings. The minimum atomic E-state index is -0.684. The number of amides is 2. The van der Waals surface area contributed by atoms with Crippen LogP contribution in [-0.2, 0) is 4.79 Å². The van der Waals surface area contributed by atoms with Gasteiger partial charge in [0.1, 0.15) is 17.7 Å². The molecule has 0 radical (unpaired) electrons. The molecule has 0 saturated heterocycles.